The van der Waals surface area contributed by atoms with Crippen LogP contribution in [0.25, 0.3) is 6.08 Å². The Balaban J connectivity index is 1.57. The molecule has 216 valence electrons. The predicted molar refractivity (Wildman–Crippen MR) is 150 cm³/mol. The molecule has 2 amide bonds. The molecule has 40 heavy (non-hydrogen) atoms. The van der Waals surface area contributed by atoms with Gasteiger partial charge in [-0.3, -0.25) is 9.59 Å². The van der Waals surface area contributed by atoms with Gasteiger partial charge in [-0.1, -0.05) is 0 Å². The lowest BCUT2D eigenvalue weighted by atomic mass is 10.0. The number of nitrogens with zero attached hydrogens (tertiary/aromatic N) is 2. The van der Waals surface area contributed by atoms with Gasteiger partial charge in [0.05, 0.1) is 48.2 Å². The van der Waals surface area contributed by atoms with E-state index in [1.54, 1.807) is 38.4 Å². The van der Waals surface area contributed by atoms with Gasteiger partial charge in [0.2, 0.25) is 11.7 Å². The fourth-order valence-electron chi connectivity index (χ4n) is 5.40. The molecule has 1 aliphatic carbocycles. The first-order valence-electron chi connectivity index (χ1n) is 13.2. The zero-order valence-corrected chi connectivity index (χ0v) is 24.1. The molecule has 0 aromatic heterocycles. The van der Waals surface area contributed by atoms with Gasteiger partial charge in [-0.2, -0.15) is 0 Å². The summed E-state index contributed by atoms with van der Waals surface area (Å²) in [6, 6.07) is 6.89. The van der Waals surface area contributed by atoms with Gasteiger partial charge in [-0.15, -0.1) is 0 Å². The molecule has 0 N–H and O–H groups in total. The van der Waals surface area contributed by atoms with E-state index in [2.05, 4.69) is 0 Å². The molecule has 1 saturated heterocycles. The summed E-state index contributed by atoms with van der Waals surface area (Å²) in [5.74, 6) is 2.31. The van der Waals surface area contributed by atoms with Gasteiger partial charge < -0.3 is 38.2 Å². The Morgan fingerprint density at radius 1 is 0.775 bits per heavy atom. The SMILES string of the molecule is COC[C@H]1CN(C(=O)c2cc(OC)c(OC)c(OC)c2)CCN1C(=O)C1=Cc2cc(OC)c(OC)cc2CCC1. The van der Waals surface area contributed by atoms with E-state index >= 15 is 0 Å². The van der Waals surface area contributed by atoms with Crippen molar-refractivity contribution in [1.82, 2.24) is 9.80 Å². The number of rotatable bonds is 9. The lowest BCUT2D eigenvalue weighted by molar-refractivity contribution is -0.133. The van der Waals surface area contributed by atoms with Gasteiger partial charge in [-0.05, 0) is 60.7 Å². The molecule has 0 saturated carbocycles. The standard InChI is InChI=1S/C30H38N2O8/c1-35-18-23-17-31(29(33)22-15-26(38-4)28(40-6)27(16-22)39-5)10-11-32(23)30(34)20-9-7-8-19-13-24(36-2)25(37-3)14-21(19)12-20/h12-16,23H,7-11,17-18H2,1-6H3/t23-/m1/s1. The van der Waals surface area contributed by atoms with Crippen molar-refractivity contribution >= 4 is 17.9 Å². The second kappa shape index (κ2) is 13.0. The molecule has 0 radical (unpaired) electrons. The molecule has 2 aromatic rings. The van der Waals surface area contributed by atoms with E-state index in [1.807, 2.05) is 23.1 Å². The van der Waals surface area contributed by atoms with E-state index in [0.717, 1.165) is 29.5 Å². The zero-order valence-electron chi connectivity index (χ0n) is 24.1. The van der Waals surface area contributed by atoms with Crippen LogP contribution in [0.2, 0.25) is 0 Å². The number of methoxy groups -OCH3 is 6. The number of amides is 2. The fourth-order valence-corrected chi connectivity index (χ4v) is 5.40. The van der Waals surface area contributed by atoms with Gasteiger partial charge in [0.25, 0.3) is 5.91 Å². The number of carbonyl (C=O) groups excluding carboxylic acids is 2. The molecule has 1 aliphatic heterocycles. The lowest BCUT2D eigenvalue weighted by Crippen LogP contribution is -2.58. The Kier molecular flexibility index (Phi) is 9.42. The Morgan fingerprint density at radius 3 is 2.02 bits per heavy atom. The molecule has 1 atom stereocenters. The quantitative estimate of drug-likeness (QED) is 0.465. The predicted octanol–water partition coefficient (Wildman–Crippen LogP) is 3.45. The molecular weight excluding hydrogens is 516 g/mol. The second-order valence-electron chi connectivity index (χ2n) is 9.70. The molecule has 0 unspecified atom stereocenters. The fraction of sp³-hybridized carbons (Fsp3) is 0.467. The molecule has 4 rings (SSSR count). The number of hydrogen-bond acceptors (Lipinski definition) is 8. The highest BCUT2D eigenvalue weighted by Gasteiger charge is 2.35. The minimum atomic E-state index is -0.300. The number of carbonyl (C=O) groups is 2. The van der Waals surface area contributed by atoms with Gasteiger partial charge in [0.15, 0.2) is 23.0 Å². The molecular formula is C30H38N2O8. The lowest BCUT2D eigenvalue weighted by Gasteiger charge is -2.41. The smallest absolute Gasteiger partial charge is 0.254 e. The first-order valence-corrected chi connectivity index (χ1v) is 13.2. The van der Waals surface area contributed by atoms with Gasteiger partial charge in [0.1, 0.15) is 0 Å². The van der Waals surface area contributed by atoms with E-state index in [4.69, 9.17) is 28.4 Å². The van der Waals surface area contributed by atoms with Crippen molar-refractivity contribution in [1.29, 1.82) is 0 Å². The van der Waals surface area contributed by atoms with Crippen molar-refractivity contribution in [2.24, 2.45) is 0 Å². The number of hydrogen-bond donors (Lipinski definition) is 0. The average molecular weight is 555 g/mol. The summed E-state index contributed by atoms with van der Waals surface area (Å²) in [6.07, 6.45) is 4.29. The molecule has 2 aromatic carbocycles. The van der Waals surface area contributed by atoms with Crippen LogP contribution in [0.3, 0.4) is 0 Å². The summed E-state index contributed by atoms with van der Waals surface area (Å²) < 4.78 is 32.7. The third kappa shape index (κ3) is 5.82. The Morgan fingerprint density at radius 2 is 1.43 bits per heavy atom. The maximum absolute atomic E-state index is 13.9. The van der Waals surface area contributed by atoms with Crippen molar-refractivity contribution < 1.29 is 38.0 Å². The van der Waals surface area contributed by atoms with E-state index in [1.165, 1.54) is 21.3 Å². The van der Waals surface area contributed by atoms with Crippen LogP contribution >= 0.6 is 0 Å². The summed E-state index contributed by atoms with van der Waals surface area (Å²) in [5.41, 5.74) is 3.22. The molecule has 10 nitrogen and oxygen atoms in total. The second-order valence-corrected chi connectivity index (χ2v) is 9.70. The molecule has 10 heteroatoms. The topological polar surface area (TPSA) is 96.0 Å². The maximum Gasteiger partial charge on any atom is 0.254 e. The van der Waals surface area contributed by atoms with E-state index in [-0.39, 0.29) is 17.9 Å². The van der Waals surface area contributed by atoms with Crippen molar-refractivity contribution in [3.8, 4) is 28.7 Å². The highest BCUT2D eigenvalue weighted by atomic mass is 16.5. The maximum atomic E-state index is 13.9. The zero-order chi connectivity index (χ0) is 28.8. The minimum Gasteiger partial charge on any atom is -0.493 e. The van der Waals surface area contributed by atoms with Gasteiger partial charge in [0, 0.05) is 37.9 Å². The van der Waals surface area contributed by atoms with Crippen molar-refractivity contribution in [2.75, 3.05) is 68.9 Å². The number of fused-ring (bicyclic) bond motifs is 1. The molecule has 1 heterocycles. The number of benzene rings is 2. The summed E-state index contributed by atoms with van der Waals surface area (Å²) in [5, 5.41) is 0. The Bertz CT molecular complexity index is 1250. The molecule has 1 fully saturated rings. The third-order valence-electron chi connectivity index (χ3n) is 7.44. The molecule has 0 spiro atoms. The van der Waals surface area contributed by atoms with Gasteiger partial charge >= 0.3 is 0 Å². The number of piperazine rings is 1. The first kappa shape index (κ1) is 29.1. The molecule has 2 aliphatic rings. The monoisotopic (exact) mass is 554 g/mol. The first-order chi connectivity index (χ1) is 19.4. The Hall–Kier alpha value is -3.92. The van der Waals surface area contributed by atoms with Crippen molar-refractivity contribution in [3.05, 3.63) is 46.5 Å². The highest BCUT2D eigenvalue weighted by molar-refractivity contribution is 5.99. The average Bonchev–Trinajstić information content (AvgIpc) is 3.20. The van der Waals surface area contributed by atoms with Crippen molar-refractivity contribution in [3.63, 3.8) is 0 Å². The van der Waals surface area contributed by atoms with E-state index in [0.29, 0.717) is 67.0 Å². The van der Waals surface area contributed by atoms with E-state index < -0.39 is 0 Å². The largest absolute Gasteiger partial charge is 0.493 e. The van der Waals surface area contributed by atoms with Crippen LogP contribution in [0.15, 0.2) is 29.8 Å². The van der Waals surface area contributed by atoms with Gasteiger partial charge in [-0.25, -0.2) is 0 Å². The Labute approximate surface area is 235 Å². The normalized spacial score (nSPS) is 16.9. The highest BCUT2D eigenvalue weighted by Crippen LogP contribution is 2.39. The number of ether oxygens (including phenoxy) is 6. The summed E-state index contributed by atoms with van der Waals surface area (Å²) >= 11 is 0. The van der Waals surface area contributed by atoms with Crippen LogP contribution in [0.1, 0.15) is 34.3 Å². The van der Waals surface area contributed by atoms with Crippen molar-refractivity contribution in [2.45, 2.75) is 25.3 Å². The minimum absolute atomic E-state index is 0.0374. The van der Waals surface area contributed by atoms with Crippen LogP contribution in [-0.4, -0.2) is 96.6 Å². The van der Waals surface area contributed by atoms with Crippen LogP contribution in [-0.2, 0) is 16.0 Å². The van der Waals surface area contributed by atoms with Crippen LogP contribution < -0.4 is 23.7 Å². The summed E-state index contributed by atoms with van der Waals surface area (Å²) in [4.78, 5) is 31.0. The van der Waals surface area contributed by atoms with Crippen LogP contribution in [0.5, 0.6) is 28.7 Å². The number of aryl methyl sites for hydroxylation is 1. The van der Waals surface area contributed by atoms with Crippen LogP contribution in [0, 0.1) is 0 Å². The third-order valence-corrected chi connectivity index (χ3v) is 7.44. The summed E-state index contributed by atoms with van der Waals surface area (Å²) in [7, 11) is 9.36. The molecule has 0 bridgehead atoms. The summed E-state index contributed by atoms with van der Waals surface area (Å²) in [6.45, 7) is 1.42. The van der Waals surface area contributed by atoms with Crippen LogP contribution in [0.4, 0.5) is 0 Å². The van der Waals surface area contributed by atoms with E-state index in [9.17, 15) is 9.59 Å².